The number of carbonyl (C=O) groups excluding carboxylic acids is 1. The molecule has 0 aromatic heterocycles. The van der Waals surface area contributed by atoms with Crippen LogP contribution in [-0.2, 0) is 18.4 Å². The Labute approximate surface area is 494 Å². The van der Waals surface area contributed by atoms with Crippen LogP contribution in [0.25, 0.3) is 0 Å². The van der Waals surface area contributed by atoms with E-state index in [4.69, 9.17) is 9.05 Å². The van der Waals surface area contributed by atoms with Crippen molar-refractivity contribution in [1.82, 2.24) is 5.32 Å². The Morgan fingerprint density at radius 1 is 0.438 bits per heavy atom. The molecule has 8 nitrogen and oxygen atoms in total. The van der Waals surface area contributed by atoms with Crippen molar-refractivity contribution in [3.05, 3.63) is 134 Å². The van der Waals surface area contributed by atoms with Crippen LogP contribution < -0.4 is 5.32 Å². The standard InChI is InChI=1S/C71H123N2O6P/c1-6-8-10-12-14-16-18-20-22-24-26-28-29-30-31-32-33-34-35-36-37-38-39-40-41-42-43-45-47-49-51-53-55-57-59-61-63-65-71(75)72-69(68-79-80(76,77)78-67-66-73(3,4)5)70(74)64-62-60-58-56-54-52-50-48-46-44-27-25-23-21-19-17-15-13-11-9-7-2/h8,10,14,16,20,22,26,28,30-31,33-34,36-37,39-40,42-43,47,49,53,55,69-70,74H,6-7,9,11-13,15,17-19,21,23-25,27,29,32,35,38,41,44-46,48,50-52,54,56-68H2,1-5H3,(H-,72,75,76,77)/p+1/b10-8-,16-14-,22-20-,28-26-,31-30-,34-33-,37-36-,40-39-,43-42-,49-47-,55-53-. The smallest absolute Gasteiger partial charge is 0.391 e. The largest absolute Gasteiger partial charge is 0.472 e. The third-order valence-corrected chi connectivity index (χ3v) is 14.9. The summed E-state index contributed by atoms with van der Waals surface area (Å²) in [5.41, 5.74) is 0. The Bertz CT molecular complexity index is 1760. The van der Waals surface area contributed by atoms with E-state index >= 15 is 0 Å². The molecule has 80 heavy (non-hydrogen) atoms. The van der Waals surface area contributed by atoms with Crippen LogP contribution in [0.15, 0.2) is 134 Å². The lowest BCUT2D eigenvalue weighted by Gasteiger charge is -2.26. The minimum absolute atomic E-state index is 0.0611. The molecule has 0 bridgehead atoms. The summed E-state index contributed by atoms with van der Waals surface area (Å²) >= 11 is 0. The van der Waals surface area contributed by atoms with Gasteiger partial charge in [-0.05, 0) is 96.3 Å². The number of unbranched alkanes of at least 4 members (excludes halogenated alkanes) is 23. The topological polar surface area (TPSA) is 105 Å². The Kier molecular flexibility index (Phi) is 57.7. The van der Waals surface area contributed by atoms with Crippen LogP contribution in [0.1, 0.15) is 258 Å². The molecule has 9 heteroatoms. The van der Waals surface area contributed by atoms with Crippen LogP contribution in [0.2, 0.25) is 0 Å². The second-order valence-electron chi connectivity index (χ2n) is 22.8. The maximum Gasteiger partial charge on any atom is 0.472 e. The maximum atomic E-state index is 13.0. The number of aliphatic hydroxyl groups excluding tert-OH is 1. The Balaban J connectivity index is 4.23. The first-order valence-electron chi connectivity index (χ1n) is 32.5. The van der Waals surface area contributed by atoms with Crippen molar-refractivity contribution in [3.8, 4) is 0 Å². The van der Waals surface area contributed by atoms with Crippen molar-refractivity contribution >= 4 is 13.7 Å². The van der Waals surface area contributed by atoms with Gasteiger partial charge in [0, 0.05) is 6.42 Å². The number of nitrogens with one attached hydrogen (secondary N) is 1. The average Bonchev–Trinajstić information content (AvgIpc) is 3.42. The number of phosphoric acid groups is 1. The second kappa shape index (κ2) is 60.2. The second-order valence-corrected chi connectivity index (χ2v) is 24.2. The third kappa shape index (κ3) is 62.2. The van der Waals surface area contributed by atoms with E-state index in [1.807, 2.05) is 21.1 Å². The first kappa shape index (κ1) is 76.6. The number of quaternary nitrogens is 1. The molecule has 3 unspecified atom stereocenters. The van der Waals surface area contributed by atoms with Gasteiger partial charge in [-0.1, -0.05) is 289 Å². The predicted molar refractivity (Wildman–Crippen MR) is 350 cm³/mol. The molecule has 0 saturated heterocycles. The van der Waals surface area contributed by atoms with E-state index in [0.29, 0.717) is 23.9 Å². The highest BCUT2D eigenvalue weighted by Gasteiger charge is 2.28. The fourth-order valence-corrected chi connectivity index (χ4v) is 9.61. The number of allylic oxidation sites excluding steroid dienone is 22. The number of carbonyl (C=O) groups is 1. The minimum Gasteiger partial charge on any atom is -0.391 e. The summed E-state index contributed by atoms with van der Waals surface area (Å²) in [6.07, 6.45) is 91.0. The monoisotopic (exact) mass is 1130 g/mol. The number of amides is 1. The molecule has 0 saturated carbocycles. The number of likely N-dealkylation sites (N-methyl/N-ethyl adjacent to an activating group) is 1. The van der Waals surface area contributed by atoms with E-state index in [0.717, 1.165) is 116 Å². The van der Waals surface area contributed by atoms with Crippen LogP contribution in [0.5, 0.6) is 0 Å². The summed E-state index contributed by atoms with van der Waals surface area (Å²) in [5.74, 6) is -0.179. The van der Waals surface area contributed by atoms with Gasteiger partial charge in [0.15, 0.2) is 0 Å². The average molecular weight is 1130 g/mol. The Morgan fingerprint density at radius 3 is 1.09 bits per heavy atom. The van der Waals surface area contributed by atoms with Gasteiger partial charge in [0.2, 0.25) is 5.91 Å². The van der Waals surface area contributed by atoms with Crippen molar-refractivity contribution in [3.63, 3.8) is 0 Å². The van der Waals surface area contributed by atoms with Crippen molar-refractivity contribution in [2.45, 2.75) is 270 Å². The molecule has 0 rings (SSSR count). The molecule has 0 aliphatic carbocycles. The van der Waals surface area contributed by atoms with Crippen LogP contribution in [0.4, 0.5) is 0 Å². The maximum absolute atomic E-state index is 13.0. The Hall–Kier alpha value is -3.36. The number of hydrogen-bond donors (Lipinski definition) is 3. The Morgan fingerprint density at radius 2 is 0.750 bits per heavy atom. The SMILES string of the molecule is CC/C=C\C/C=C\C/C=C\C/C=C\C/C=C\C/C=C\C/C=C\C/C=C\C/C=C\C/C=C\C/C=C\CCCCCC(=O)NC(COP(=O)(O)OCC[N+](C)(C)C)C(O)CCCCCCCCCCCCCCCCCCCCCCC. The zero-order valence-electron chi connectivity index (χ0n) is 52.3. The van der Waals surface area contributed by atoms with E-state index in [1.165, 1.54) is 116 Å². The lowest BCUT2D eigenvalue weighted by atomic mass is 10.0. The molecule has 458 valence electrons. The predicted octanol–water partition coefficient (Wildman–Crippen LogP) is 20.7. The highest BCUT2D eigenvalue weighted by molar-refractivity contribution is 7.47. The van der Waals surface area contributed by atoms with Gasteiger partial charge < -0.3 is 19.8 Å². The molecular weight excluding hydrogens is 1010 g/mol. The molecule has 0 aliphatic heterocycles. The lowest BCUT2D eigenvalue weighted by Crippen LogP contribution is -2.46. The zero-order chi connectivity index (χ0) is 58.4. The van der Waals surface area contributed by atoms with Crippen molar-refractivity contribution < 1.29 is 32.9 Å². The molecule has 0 aliphatic rings. The molecule has 0 fully saturated rings. The molecular formula is C71H124N2O6P+. The summed E-state index contributed by atoms with van der Waals surface area (Å²) in [5, 5.41) is 14.1. The molecule has 0 aromatic carbocycles. The van der Waals surface area contributed by atoms with Gasteiger partial charge in [-0.3, -0.25) is 13.8 Å². The fraction of sp³-hybridized carbons (Fsp3) is 0.676. The van der Waals surface area contributed by atoms with Crippen molar-refractivity contribution in [1.29, 1.82) is 0 Å². The van der Waals surface area contributed by atoms with Gasteiger partial charge in [-0.25, -0.2) is 4.57 Å². The quantitative estimate of drug-likeness (QED) is 0.0243. The molecule has 0 aromatic rings. The normalized spacial score (nSPS) is 14.6. The van der Waals surface area contributed by atoms with Crippen LogP contribution in [0, 0.1) is 0 Å². The third-order valence-electron chi connectivity index (χ3n) is 13.9. The van der Waals surface area contributed by atoms with Gasteiger partial charge in [-0.2, -0.15) is 0 Å². The van der Waals surface area contributed by atoms with E-state index in [-0.39, 0.29) is 19.1 Å². The summed E-state index contributed by atoms with van der Waals surface area (Å²) in [6, 6.07) is -0.790. The summed E-state index contributed by atoms with van der Waals surface area (Å²) in [6.45, 7) is 4.75. The highest BCUT2D eigenvalue weighted by atomic mass is 31.2. The van der Waals surface area contributed by atoms with Crippen molar-refractivity contribution in [2.24, 2.45) is 0 Å². The minimum atomic E-state index is -4.35. The van der Waals surface area contributed by atoms with Crippen LogP contribution in [0.3, 0.4) is 0 Å². The molecule has 0 spiro atoms. The first-order chi connectivity index (χ1) is 39.0. The van der Waals surface area contributed by atoms with Gasteiger partial charge in [0.05, 0.1) is 39.9 Å². The fourth-order valence-electron chi connectivity index (χ4n) is 8.88. The first-order valence-corrected chi connectivity index (χ1v) is 34.0. The number of phosphoric ester groups is 1. The van der Waals surface area contributed by atoms with Gasteiger partial charge in [-0.15, -0.1) is 0 Å². The highest BCUT2D eigenvalue weighted by Crippen LogP contribution is 2.43. The van der Waals surface area contributed by atoms with Gasteiger partial charge in [0.25, 0.3) is 0 Å². The van der Waals surface area contributed by atoms with E-state index < -0.39 is 20.0 Å². The summed E-state index contributed by atoms with van der Waals surface area (Å²) in [7, 11) is 1.58. The number of aliphatic hydroxyl groups is 1. The van der Waals surface area contributed by atoms with E-state index in [9.17, 15) is 19.4 Å². The number of rotatable bonds is 58. The summed E-state index contributed by atoms with van der Waals surface area (Å²) in [4.78, 5) is 23.4. The molecule has 0 radical (unpaired) electrons. The molecule has 1 amide bonds. The number of nitrogens with zero attached hydrogens (tertiary/aromatic N) is 1. The molecule has 0 heterocycles. The number of hydrogen-bond acceptors (Lipinski definition) is 5. The molecule has 3 atom stereocenters. The summed E-state index contributed by atoms with van der Waals surface area (Å²) < 4.78 is 23.8. The molecule has 3 N–H and O–H groups in total. The van der Waals surface area contributed by atoms with Crippen molar-refractivity contribution in [2.75, 3.05) is 40.9 Å². The van der Waals surface area contributed by atoms with E-state index in [2.05, 4.69) is 153 Å². The van der Waals surface area contributed by atoms with Gasteiger partial charge in [0.1, 0.15) is 13.2 Å². The lowest BCUT2D eigenvalue weighted by molar-refractivity contribution is -0.870. The van der Waals surface area contributed by atoms with E-state index in [1.54, 1.807) is 0 Å². The van der Waals surface area contributed by atoms with Crippen LogP contribution in [-0.4, -0.2) is 73.4 Å². The van der Waals surface area contributed by atoms with Gasteiger partial charge >= 0.3 is 7.82 Å². The zero-order valence-corrected chi connectivity index (χ0v) is 53.2. The van der Waals surface area contributed by atoms with Crippen LogP contribution >= 0.6 is 7.82 Å².